The van der Waals surface area contributed by atoms with Gasteiger partial charge in [0.05, 0.1) is 7.11 Å². The maximum atomic E-state index is 12.7. The van der Waals surface area contributed by atoms with E-state index in [1.807, 2.05) is 0 Å². The number of benzene rings is 1. The molecule has 0 saturated heterocycles. The molecule has 7 heteroatoms. The number of carbonyl (C=O) groups is 1. The number of aliphatic carboxylic acids is 1. The highest BCUT2D eigenvalue weighted by molar-refractivity contribution is 7.89. The monoisotopic (exact) mass is 313 g/mol. The standard InChI is InChI=1S/C14H19NO5S/c1-10-3-6-12(20-2)13(7-10)21(18,19)15(9-14(16)17)8-11-4-5-11/h3,6-7,11H,4-5,8-9H2,1-2H3,(H,16,17). The van der Waals surface area contributed by atoms with Crippen LogP contribution in [0.25, 0.3) is 0 Å². The smallest absolute Gasteiger partial charge is 0.318 e. The average Bonchev–Trinajstić information content (AvgIpc) is 3.21. The molecule has 0 heterocycles. The Morgan fingerprint density at radius 3 is 2.62 bits per heavy atom. The summed E-state index contributed by atoms with van der Waals surface area (Å²) >= 11 is 0. The molecule has 116 valence electrons. The number of rotatable bonds is 7. The van der Waals surface area contributed by atoms with Crippen LogP contribution in [0.2, 0.25) is 0 Å². The summed E-state index contributed by atoms with van der Waals surface area (Å²) in [6.07, 6.45) is 1.88. The van der Waals surface area contributed by atoms with Crippen LogP contribution >= 0.6 is 0 Å². The van der Waals surface area contributed by atoms with Gasteiger partial charge < -0.3 is 9.84 Å². The van der Waals surface area contributed by atoms with E-state index in [2.05, 4.69) is 0 Å². The molecular formula is C14H19NO5S. The zero-order chi connectivity index (χ0) is 15.6. The number of carboxylic acids is 1. The maximum absolute atomic E-state index is 12.7. The van der Waals surface area contributed by atoms with Crippen LogP contribution in [0.5, 0.6) is 5.75 Å². The summed E-state index contributed by atoms with van der Waals surface area (Å²) in [7, 11) is -2.49. The number of carboxylic acid groups (broad SMARTS) is 1. The molecule has 0 amide bonds. The van der Waals surface area contributed by atoms with E-state index in [1.165, 1.54) is 13.2 Å². The fraction of sp³-hybridized carbons (Fsp3) is 0.500. The summed E-state index contributed by atoms with van der Waals surface area (Å²) < 4.78 is 31.6. The van der Waals surface area contributed by atoms with Crippen LogP contribution in [0.15, 0.2) is 23.1 Å². The highest BCUT2D eigenvalue weighted by Gasteiger charge is 2.34. The maximum Gasteiger partial charge on any atom is 0.318 e. The molecule has 6 nitrogen and oxygen atoms in total. The van der Waals surface area contributed by atoms with Gasteiger partial charge in [0.1, 0.15) is 17.2 Å². The van der Waals surface area contributed by atoms with Crippen molar-refractivity contribution in [2.24, 2.45) is 5.92 Å². The van der Waals surface area contributed by atoms with Gasteiger partial charge in [0, 0.05) is 6.54 Å². The van der Waals surface area contributed by atoms with Gasteiger partial charge in [-0.15, -0.1) is 0 Å². The van der Waals surface area contributed by atoms with Crippen molar-refractivity contribution in [3.63, 3.8) is 0 Å². The first-order valence-electron chi connectivity index (χ1n) is 6.71. The molecule has 1 fully saturated rings. The predicted octanol–water partition coefficient (Wildman–Crippen LogP) is 1.49. The Morgan fingerprint density at radius 2 is 2.10 bits per heavy atom. The van der Waals surface area contributed by atoms with Gasteiger partial charge in [-0.2, -0.15) is 4.31 Å². The summed E-state index contributed by atoms with van der Waals surface area (Å²) in [5, 5.41) is 8.97. The molecule has 0 spiro atoms. The summed E-state index contributed by atoms with van der Waals surface area (Å²) in [6, 6.07) is 4.84. The van der Waals surface area contributed by atoms with Gasteiger partial charge in [0.25, 0.3) is 0 Å². The SMILES string of the molecule is COc1ccc(C)cc1S(=O)(=O)N(CC(=O)O)CC1CC1. The minimum Gasteiger partial charge on any atom is -0.495 e. The number of sulfonamides is 1. The molecule has 1 aliphatic carbocycles. The number of aryl methyl sites for hydroxylation is 1. The van der Waals surface area contributed by atoms with Crippen molar-refractivity contribution >= 4 is 16.0 Å². The Kier molecular flexibility index (Phi) is 4.53. The third-order valence-corrected chi connectivity index (χ3v) is 5.24. The van der Waals surface area contributed by atoms with Gasteiger partial charge in [0.15, 0.2) is 0 Å². The number of nitrogens with zero attached hydrogens (tertiary/aromatic N) is 1. The lowest BCUT2D eigenvalue weighted by Gasteiger charge is -2.21. The number of hydrogen-bond donors (Lipinski definition) is 1. The predicted molar refractivity (Wildman–Crippen MR) is 76.8 cm³/mol. The van der Waals surface area contributed by atoms with E-state index in [0.717, 1.165) is 22.7 Å². The third kappa shape index (κ3) is 3.74. The lowest BCUT2D eigenvalue weighted by molar-refractivity contribution is -0.137. The van der Waals surface area contributed by atoms with Gasteiger partial charge in [-0.25, -0.2) is 8.42 Å². The van der Waals surface area contributed by atoms with Gasteiger partial charge >= 0.3 is 5.97 Å². The highest BCUT2D eigenvalue weighted by atomic mass is 32.2. The van der Waals surface area contributed by atoms with E-state index in [1.54, 1.807) is 19.1 Å². The molecule has 21 heavy (non-hydrogen) atoms. The fourth-order valence-electron chi connectivity index (χ4n) is 2.11. The molecule has 1 N–H and O–H groups in total. The highest BCUT2D eigenvalue weighted by Crippen LogP contribution is 2.33. The van der Waals surface area contributed by atoms with Crippen molar-refractivity contribution in [3.8, 4) is 5.75 Å². The van der Waals surface area contributed by atoms with Gasteiger partial charge in [0.2, 0.25) is 10.0 Å². The molecule has 1 aromatic carbocycles. The van der Waals surface area contributed by atoms with Gasteiger partial charge in [-0.1, -0.05) is 6.07 Å². The van der Waals surface area contributed by atoms with Crippen molar-refractivity contribution in [1.29, 1.82) is 0 Å². The first-order chi connectivity index (χ1) is 9.84. The molecule has 0 aliphatic heterocycles. The lowest BCUT2D eigenvalue weighted by Crippen LogP contribution is -2.37. The molecule has 1 aromatic rings. The molecule has 0 atom stereocenters. The summed E-state index contributed by atoms with van der Waals surface area (Å²) in [5.41, 5.74) is 0.774. The zero-order valence-electron chi connectivity index (χ0n) is 12.1. The van der Waals surface area contributed by atoms with E-state index < -0.39 is 22.5 Å². The van der Waals surface area contributed by atoms with Crippen LogP contribution in [0, 0.1) is 12.8 Å². The number of hydrogen-bond acceptors (Lipinski definition) is 4. The van der Waals surface area contributed by atoms with Crippen LogP contribution < -0.4 is 4.74 Å². The van der Waals surface area contributed by atoms with Crippen LogP contribution in [0.4, 0.5) is 0 Å². The van der Waals surface area contributed by atoms with E-state index in [9.17, 15) is 13.2 Å². The van der Waals surface area contributed by atoms with Crippen LogP contribution in [-0.2, 0) is 14.8 Å². The quantitative estimate of drug-likeness (QED) is 0.824. The van der Waals surface area contributed by atoms with E-state index in [-0.39, 0.29) is 23.1 Å². The minimum atomic E-state index is -3.89. The summed E-state index contributed by atoms with van der Waals surface area (Å²) in [6.45, 7) is 1.49. The van der Waals surface area contributed by atoms with Crippen molar-refractivity contribution in [3.05, 3.63) is 23.8 Å². The fourth-order valence-corrected chi connectivity index (χ4v) is 3.82. The summed E-state index contributed by atoms with van der Waals surface area (Å²) in [5.74, 6) is -0.674. The Balaban J connectivity index is 2.41. The van der Waals surface area contributed by atoms with Crippen molar-refractivity contribution in [1.82, 2.24) is 4.31 Å². The molecular weight excluding hydrogens is 294 g/mol. The van der Waals surface area contributed by atoms with Crippen LogP contribution in [0.1, 0.15) is 18.4 Å². The van der Waals surface area contributed by atoms with Crippen molar-refractivity contribution in [2.45, 2.75) is 24.7 Å². The number of methoxy groups -OCH3 is 1. The Labute approximate surface area is 124 Å². The second-order valence-corrected chi connectivity index (χ2v) is 7.20. The largest absolute Gasteiger partial charge is 0.495 e. The van der Waals surface area contributed by atoms with Crippen molar-refractivity contribution in [2.75, 3.05) is 20.2 Å². The summed E-state index contributed by atoms with van der Waals surface area (Å²) in [4.78, 5) is 11.0. The Bertz CT molecular complexity index is 637. The Hall–Kier alpha value is -1.60. The van der Waals surface area contributed by atoms with E-state index >= 15 is 0 Å². The normalized spacial score (nSPS) is 15.2. The van der Waals surface area contributed by atoms with Crippen molar-refractivity contribution < 1.29 is 23.1 Å². The molecule has 1 saturated carbocycles. The second-order valence-electron chi connectivity index (χ2n) is 5.29. The topological polar surface area (TPSA) is 83.9 Å². The molecule has 0 aromatic heterocycles. The van der Waals surface area contributed by atoms with E-state index in [0.29, 0.717) is 0 Å². The molecule has 1 aliphatic rings. The zero-order valence-corrected chi connectivity index (χ0v) is 12.9. The molecule has 0 bridgehead atoms. The van der Waals surface area contributed by atoms with E-state index in [4.69, 9.17) is 9.84 Å². The molecule has 0 radical (unpaired) electrons. The van der Waals surface area contributed by atoms with Crippen LogP contribution in [0.3, 0.4) is 0 Å². The second kappa shape index (κ2) is 6.03. The average molecular weight is 313 g/mol. The first kappa shape index (κ1) is 15.8. The van der Waals surface area contributed by atoms with Gasteiger partial charge in [-0.05, 0) is 43.4 Å². The first-order valence-corrected chi connectivity index (χ1v) is 8.15. The molecule has 0 unspecified atom stereocenters. The third-order valence-electron chi connectivity index (χ3n) is 3.41. The Morgan fingerprint density at radius 1 is 1.43 bits per heavy atom. The molecule has 2 rings (SSSR count). The number of ether oxygens (including phenoxy) is 1. The lowest BCUT2D eigenvalue weighted by atomic mass is 10.2. The van der Waals surface area contributed by atoms with Crippen LogP contribution in [-0.4, -0.2) is 44.0 Å². The minimum absolute atomic E-state index is 0.0203. The van der Waals surface area contributed by atoms with Gasteiger partial charge in [-0.3, -0.25) is 4.79 Å².